The molecule has 0 aliphatic heterocycles. The molecule has 0 aromatic carbocycles. The van der Waals surface area contributed by atoms with Gasteiger partial charge in [0.15, 0.2) is 5.60 Å². The van der Waals surface area contributed by atoms with Crippen LogP contribution in [0.5, 0.6) is 0 Å². The minimum Gasteiger partial charge on any atom is -0.444 e. The van der Waals surface area contributed by atoms with E-state index in [-0.39, 0.29) is 12.2 Å². The van der Waals surface area contributed by atoms with E-state index in [4.69, 9.17) is 5.26 Å². The van der Waals surface area contributed by atoms with Crippen molar-refractivity contribution in [1.82, 2.24) is 0 Å². The van der Waals surface area contributed by atoms with Gasteiger partial charge in [-0.1, -0.05) is 0 Å². The monoisotopic (exact) mass is 169 g/mol. The van der Waals surface area contributed by atoms with Gasteiger partial charge in [0.2, 0.25) is 0 Å². The van der Waals surface area contributed by atoms with E-state index in [2.05, 4.69) is 4.74 Å². The molecule has 0 unspecified atom stereocenters. The molecule has 0 aromatic heterocycles. The Bertz CT molecular complexity index is 237. The van der Waals surface area contributed by atoms with Crippen molar-refractivity contribution in [2.24, 2.45) is 0 Å². The third-order valence-corrected chi connectivity index (χ3v) is 1.03. The zero-order valence-electron chi connectivity index (χ0n) is 7.38. The maximum absolute atomic E-state index is 10.8. The third-order valence-electron chi connectivity index (χ3n) is 1.03. The van der Waals surface area contributed by atoms with E-state index in [1.54, 1.807) is 6.07 Å². The summed E-state index contributed by atoms with van der Waals surface area (Å²) in [6.45, 7) is 4.22. The van der Waals surface area contributed by atoms with Crippen LogP contribution in [0.3, 0.4) is 0 Å². The van der Waals surface area contributed by atoms with Gasteiger partial charge in [-0.3, -0.25) is 9.59 Å². The van der Waals surface area contributed by atoms with Crippen LogP contribution in [-0.2, 0) is 14.3 Å². The van der Waals surface area contributed by atoms with E-state index in [1.807, 2.05) is 0 Å². The highest BCUT2D eigenvalue weighted by Gasteiger charge is 2.22. The molecule has 12 heavy (non-hydrogen) atoms. The summed E-state index contributed by atoms with van der Waals surface area (Å²) in [5, 5.41) is 8.46. The second-order valence-corrected chi connectivity index (χ2v) is 2.97. The molecule has 0 saturated carbocycles. The Kier molecular flexibility index (Phi) is 3.42. The van der Waals surface area contributed by atoms with E-state index in [1.165, 1.54) is 20.8 Å². The van der Waals surface area contributed by atoms with E-state index in [0.717, 1.165) is 0 Å². The lowest BCUT2D eigenvalue weighted by molar-refractivity contribution is -0.153. The number of rotatable bonds is 3. The Morgan fingerprint density at radius 3 is 2.33 bits per heavy atom. The molecule has 0 radical (unpaired) electrons. The Balaban J connectivity index is 4.03. The molecule has 0 rings (SSSR count). The van der Waals surface area contributed by atoms with Gasteiger partial charge in [0.05, 0.1) is 0 Å². The van der Waals surface area contributed by atoms with Crippen molar-refractivity contribution in [1.29, 1.82) is 5.26 Å². The van der Waals surface area contributed by atoms with Crippen LogP contribution in [0.1, 0.15) is 27.2 Å². The van der Waals surface area contributed by atoms with Gasteiger partial charge in [0.25, 0.3) is 0 Å². The fourth-order valence-electron chi connectivity index (χ4n) is 0.547. The highest BCUT2D eigenvalue weighted by molar-refractivity contribution is 5.94. The summed E-state index contributed by atoms with van der Waals surface area (Å²) in [6, 6.07) is 1.79. The SMILES string of the molecule is CC(=O)CC(=O)OC(C)(C)C#N. The number of hydrogen-bond donors (Lipinski definition) is 0. The lowest BCUT2D eigenvalue weighted by Crippen LogP contribution is -2.26. The van der Waals surface area contributed by atoms with Crippen molar-refractivity contribution in [3.05, 3.63) is 0 Å². The molecule has 0 heterocycles. The number of esters is 1. The largest absolute Gasteiger partial charge is 0.444 e. The average molecular weight is 169 g/mol. The first-order valence-corrected chi connectivity index (χ1v) is 3.50. The molecule has 0 aliphatic carbocycles. The van der Waals surface area contributed by atoms with Gasteiger partial charge in [-0.05, 0) is 20.8 Å². The topological polar surface area (TPSA) is 67.2 Å². The number of ketones is 1. The fourth-order valence-corrected chi connectivity index (χ4v) is 0.547. The first kappa shape index (κ1) is 10.6. The normalized spacial score (nSPS) is 10.2. The first-order valence-electron chi connectivity index (χ1n) is 3.50. The van der Waals surface area contributed by atoms with Gasteiger partial charge in [-0.2, -0.15) is 5.26 Å². The zero-order valence-corrected chi connectivity index (χ0v) is 7.38. The smallest absolute Gasteiger partial charge is 0.314 e. The van der Waals surface area contributed by atoms with Crippen molar-refractivity contribution in [3.63, 3.8) is 0 Å². The number of nitrogens with zero attached hydrogens (tertiary/aromatic N) is 1. The molecule has 0 N–H and O–H groups in total. The Labute approximate surface area is 71.1 Å². The Morgan fingerprint density at radius 2 is 2.00 bits per heavy atom. The number of Topliss-reactive ketones (excluding diaryl/α,β-unsaturated/α-hetero) is 1. The molecule has 0 aromatic rings. The second-order valence-electron chi connectivity index (χ2n) is 2.97. The Hall–Kier alpha value is -1.37. The standard InChI is InChI=1S/C8H11NO3/c1-6(10)4-7(11)12-8(2,3)5-9/h4H2,1-3H3. The highest BCUT2D eigenvalue weighted by Crippen LogP contribution is 2.08. The van der Waals surface area contributed by atoms with Gasteiger partial charge >= 0.3 is 5.97 Å². The Morgan fingerprint density at radius 1 is 1.50 bits per heavy atom. The van der Waals surface area contributed by atoms with Crippen molar-refractivity contribution in [2.75, 3.05) is 0 Å². The summed E-state index contributed by atoms with van der Waals surface area (Å²) < 4.78 is 4.68. The van der Waals surface area contributed by atoms with Crippen LogP contribution in [0.25, 0.3) is 0 Å². The van der Waals surface area contributed by atoms with Crippen molar-refractivity contribution < 1.29 is 14.3 Å². The zero-order chi connectivity index (χ0) is 9.78. The number of ether oxygens (including phenoxy) is 1. The van der Waals surface area contributed by atoms with Gasteiger partial charge in [0.1, 0.15) is 18.3 Å². The molecule has 0 spiro atoms. The quantitative estimate of drug-likeness (QED) is 0.463. The van der Waals surface area contributed by atoms with Crippen LogP contribution in [0.2, 0.25) is 0 Å². The van der Waals surface area contributed by atoms with Gasteiger partial charge < -0.3 is 4.74 Å². The van der Waals surface area contributed by atoms with Crippen molar-refractivity contribution in [2.45, 2.75) is 32.8 Å². The predicted molar refractivity (Wildman–Crippen MR) is 41.1 cm³/mol. The van der Waals surface area contributed by atoms with Crippen LogP contribution in [0.4, 0.5) is 0 Å². The molecular weight excluding hydrogens is 158 g/mol. The minimum atomic E-state index is -1.15. The minimum absolute atomic E-state index is 0.270. The molecule has 0 amide bonds. The van der Waals surface area contributed by atoms with Crippen LogP contribution in [-0.4, -0.2) is 17.4 Å². The summed E-state index contributed by atoms with van der Waals surface area (Å²) in [4.78, 5) is 21.3. The summed E-state index contributed by atoms with van der Waals surface area (Å²) in [7, 11) is 0. The molecule has 0 bridgehead atoms. The molecule has 0 fully saturated rings. The maximum Gasteiger partial charge on any atom is 0.314 e. The number of carbonyl (C=O) groups is 2. The molecule has 0 atom stereocenters. The molecular formula is C8H11NO3. The van der Waals surface area contributed by atoms with E-state index < -0.39 is 11.6 Å². The van der Waals surface area contributed by atoms with Crippen LogP contribution in [0.15, 0.2) is 0 Å². The lowest BCUT2D eigenvalue weighted by Gasteiger charge is -2.15. The van der Waals surface area contributed by atoms with Crippen molar-refractivity contribution in [3.8, 4) is 6.07 Å². The molecule has 4 heteroatoms. The van der Waals surface area contributed by atoms with Crippen molar-refractivity contribution >= 4 is 11.8 Å². The maximum atomic E-state index is 10.8. The summed E-state index contributed by atoms with van der Waals surface area (Å²) >= 11 is 0. The number of carbonyl (C=O) groups excluding carboxylic acids is 2. The molecule has 0 saturated heterocycles. The van der Waals surface area contributed by atoms with E-state index in [9.17, 15) is 9.59 Å². The van der Waals surface area contributed by atoms with Crippen LogP contribution >= 0.6 is 0 Å². The van der Waals surface area contributed by atoms with Gasteiger partial charge in [-0.15, -0.1) is 0 Å². The predicted octanol–water partition coefficient (Wildman–Crippen LogP) is 0.811. The number of hydrogen-bond acceptors (Lipinski definition) is 4. The van der Waals surface area contributed by atoms with E-state index in [0.29, 0.717) is 0 Å². The van der Waals surface area contributed by atoms with Gasteiger partial charge in [0, 0.05) is 0 Å². The fraction of sp³-hybridized carbons (Fsp3) is 0.625. The first-order chi connectivity index (χ1) is 5.37. The molecule has 0 aliphatic rings. The summed E-state index contributed by atoms with van der Waals surface area (Å²) in [5.41, 5.74) is -1.15. The van der Waals surface area contributed by atoms with Crippen LogP contribution in [0, 0.1) is 11.3 Å². The summed E-state index contributed by atoms with van der Waals surface area (Å²) in [5.74, 6) is -0.928. The van der Waals surface area contributed by atoms with E-state index >= 15 is 0 Å². The second kappa shape index (κ2) is 3.86. The lowest BCUT2D eigenvalue weighted by atomic mass is 10.2. The average Bonchev–Trinajstić information content (AvgIpc) is 1.84. The highest BCUT2D eigenvalue weighted by atomic mass is 16.6. The number of nitriles is 1. The third kappa shape index (κ3) is 4.45. The van der Waals surface area contributed by atoms with Crippen LogP contribution < -0.4 is 0 Å². The van der Waals surface area contributed by atoms with Gasteiger partial charge in [-0.25, -0.2) is 0 Å². The summed E-state index contributed by atoms with van der Waals surface area (Å²) in [6.07, 6.45) is -0.273. The molecule has 66 valence electrons. The molecule has 4 nitrogen and oxygen atoms in total.